The van der Waals surface area contributed by atoms with Gasteiger partial charge in [-0.3, -0.25) is 9.80 Å². The van der Waals surface area contributed by atoms with Crippen molar-refractivity contribution in [3.05, 3.63) is 18.7 Å². The third kappa shape index (κ3) is 2.40. The highest BCUT2D eigenvalue weighted by Crippen LogP contribution is 2.31. The van der Waals surface area contributed by atoms with E-state index >= 15 is 0 Å². The average molecular weight is 278 g/mol. The summed E-state index contributed by atoms with van der Waals surface area (Å²) in [6, 6.07) is 0. The Bertz CT molecular complexity index is 462. The second kappa shape index (κ2) is 5.44. The van der Waals surface area contributed by atoms with Crippen LogP contribution in [0.15, 0.2) is 18.7 Å². The highest BCUT2D eigenvalue weighted by atomic mass is 16.6. The number of piperazine rings is 1. The number of carbonyl (C=O) groups is 1. The van der Waals surface area contributed by atoms with Crippen LogP contribution in [0.25, 0.3) is 0 Å². The fraction of sp³-hybridized carbons (Fsp3) is 0.714. The van der Waals surface area contributed by atoms with Crippen molar-refractivity contribution < 1.29 is 9.53 Å². The molecule has 1 aromatic heterocycles. The SMILES string of the molecule is CCC12COC(=O)N1CCN(CCCn1ccnc1)C2. The molecule has 20 heavy (non-hydrogen) atoms. The standard InChI is InChI=1S/C14H22N4O2/c1-2-14-10-16(5-3-6-17-7-4-15-12-17)8-9-18(14)13(19)20-11-14/h4,7,12H,2-3,5-6,8-11H2,1H3. The molecule has 2 aliphatic rings. The maximum Gasteiger partial charge on any atom is 0.410 e. The Balaban J connectivity index is 1.53. The van der Waals surface area contributed by atoms with Gasteiger partial charge in [0.25, 0.3) is 0 Å². The van der Waals surface area contributed by atoms with Crippen LogP contribution in [-0.4, -0.2) is 63.8 Å². The summed E-state index contributed by atoms with van der Waals surface area (Å²) < 4.78 is 7.36. The molecule has 6 heteroatoms. The smallest absolute Gasteiger partial charge is 0.410 e. The van der Waals surface area contributed by atoms with Crippen LogP contribution in [0.2, 0.25) is 0 Å². The first-order valence-corrected chi connectivity index (χ1v) is 7.36. The molecule has 1 atom stereocenters. The van der Waals surface area contributed by atoms with Gasteiger partial charge in [0.2, 0.25) is 0 Å². The maximum atomic E-state index is 11.7. The minimum atomic E-state index is -0.134. The van der Waals surface area contributed by atoms with Gasteiger partial charge in [-0.05, 0) is 12.8 Å². The number of fused-ring (bicyclic) bond motifs is 1. The quantitative estimate of drug-likeness (QED) is 0.812. The van der Waals surface area contributed by atoms with E-state index in [-0.39, 0.29) is 11.6 Å². The summed E-state index contributed by atoms with van der Waals surface area (Å²) in [4.78, 5) is 20.2. The molecule has 0 aromatic carbocycles. The van der Waals surface area contributed by atoms with Crippen LogP contribution < -0.4 is 0 Å². The first-order valence-electron chi connectivity index (χ1n) is 7.36. The molecule has 3 rings (SSSR count). The van der Waals surface area contributed by atoms with Gasteiger partial charge in [0.05, 0.1) is 11.9 Å². The highest BCUT2D eigenvalue weighted by Gasteiger charge is 2.49. The Morgan fingerprint density at radius 2 is 2.30 bits per heavy atom. The zero-order valence-electron chi connectivity index (χ0n) is 12.0. The van der Waals surface area contributed by atoms with Crippen molar-refractivity contribution in [2.45, 2.75) is 31.8 Å². The Morgan fingerprint density at radius 1 is 1.40 bits per heavy atom. The van der Waals surface area contributed by atoms with E-state index in [4.69, 9.17) is 4.74 Å². The Labute approximate surface area is 119 Å². The molecule has 0 N–H and O–H groups in total. The van der Waals surface area contributed by atoms with Crippen molar-refractivity contribution in [3.63, 3.8) is 0 Å². The lowest BCUT2D eigenvalue weighted by atomic mass is 9.93. The van der Waals surface area contributed by atoms with Crippen molar-refractivity contribution >= 4 is 6.09 Å². The van der Waals surface area contributed by atoms with Gasteiger partial charge < -0.3 is 9.30 Å². The molecule has 0 saturated carbocycles. The molecule has 1 aromatic rings. The van der Waals surface area contributed by atoms with E-state index in [1.165, 1.54) is 0 Å². The second-order valence-corrected chi connectivity index (χ2v) is 5.71. The molecule has 6 nitrogen and oxygen atoms in total. The number of hydrogen-bond donors (Lipinski definition) is 0. The predicted molar refractivity (Wildman–Crippen MR) is 74.4 cm³/mol. The third-order valence-electron chi connectivity index (χ3n) is 4.52. The fourth-order valence-electron chi connectivity index (χ4n) is 3.23. The molecule has 1 unspecified atom stereocenters. The van der Waals surface area contributed by atoms with E-state index in [0.717, 1.165) is 45.6 Å². The summed E-state index contributed by atoms with van der Waals surface area (Å²) in [7, 11) is 0. The van der Waals surface area contributed by atoms with Crippen molar-refractivity contribution in [3.8, 4) is 0 Å². The number of carbonyl (C=O) groups excluding carboxylic acids is 1. The first-order chi connectivity index (χ1) is 9.73. The maximum absolute atomic E-state index is 11.7. The molecule has 0 radical (unpaired) electrons. The number of imidazole rings is 1. The number of nitrogens with zero attached hydrogens (tertiary/aromatic N) is 4. The van der Waals surface area contributed by atoms with Crippen LogP contribution in [0.5, 0.6) is 0 Å². The van der Waals surface area contributed by atoms with Crippen LogP contribution in [-0.2, 0) is 11.3 Å². The molecule has 0 bridgehead atoms. The number of rotatable bonds is 5. The Hall–Kier alpha value is -1.56. The van der Waals surface area contributed by atoms with E-state index in [1.807, 2.05) is 23.6 Å². The van der Waals surface area contributed by atoms with Gasteiger partial charge in [0, 0.05) is 45.1 Å². The zero-order valence-corrected chi connectivity index (χ0v) is 12.0. The van der Waals surface area contributed by atoms with Gasteiger partial charge in [-0.2, -0.15) is 0 Å². The lowest BCUT2D eigenvalue weighted by molar-refractivity contribution is 0.0479. The van der Waals surface area contributed by atoms with Gasteiger partial charge in [-0.15, -0.1) is 0 Å². The van der Waals surface area contributed by atoms with E-state index in [1.54, 1.807) is 0 Å². The highest BCUT2D eigenvalue weighted by molar-refractivity contribution is 5.71. The lowest BCUT2D eigenvalue weighted by Gasteiger charge is -2.44. The lowest BCUT2D eigenvalue weighted by Crippen LogP contribution is -2.61. The van der Waals surface area contributed by atoms with Gasteiger partial charge >= 0.3 is 6.09 Å². The summed E-state index contributed by atoms with van der Waals surface area (Å²) in [6.45, 7) is 7.40. The van der Waals surface area contributed by atoms with Crippen molar-refractivity contribution in [2.75, 3.05) is 32.8 Å². The number of amides is 1. The summed E-state index contributed by atoms with van der Waals surface area (Å²) >= 11 is 0. The minimum absolute atomic E-state index is 0.0929. The molecule has 1 amide bonds. The zero-order chi connectivity index (χ0) is 14.0. The van der Waals surface area contributed by atoms with Crippen molar-refractivity contribution in [1.82, 2.24) is 19.4 Å². The second-order valence-electron chi connectivity index (χ2n) is 5.71. The monoisotopic (exact) mass is 278 g/mol. The van der Waals surface area contributed by atoms with E-state index in [0.29, 0.717) is 6.61 Å². The van der Waals surface area contributed by atoms with Gasteiger partial charge in [-0.25, -0.2) is 9.78 Å². The van der Waals surface area contributed by atoms with Gasteiger partial charge in [-0.1, -0.05) is 6.92 Å². The largest absolute Gasteiger partial charge is 0.447 e. The predicted octanol–water partition coefficient (Wildman–Crippen LogP) is 1.19. The number of ether oxygens (including phenoxy) is 1. The molecule has 0 aliphatic carbocycles. The van der Waals surface area contributed by atoms with Crippen LogP contribution in [0.3, 0.4) is 0 Å². The number of aromatic nitrogens is 2. The van der Waals surface area contributed by atoms with Crippen LogP contribution in [0.1, 0.15) is 19.8 Å². The van der Waals surface area contributed by atoms with Gasteiger partial charge in [0.1, 0.15) is 6.61 Å². The summed E-state index contributed by atoms with van der Waals surface area (Å²) in [5.41, 5.74) is -0.0929. The molecule has 110 valence electrons. The van der Waals surface area contributed by atoms with Crippen LogP contribution >= 0.6 is 0 Å². The molecule has 2 fully saturated rings. The fourth-order valence-corrected chi connectivity index (χ4v) is 3.23. The van der Waals surface area contributed by atoms with Crippen LogP contribution in [0, 0.1) is 0 Å². The molecular formula is C14H22N4O2. The van der Waals surface area contributed by atoms with Crippen molar-refractivity contribution in [2.24, 2.45) is 0 Å². The normalized spacial score (nSPS) is 26.6. The molecule has 2 saturated heterocycles. The topological polar surface area (TPSA) is 50.6 Å². The average Bonchev–Trinajstić information content (AvgIpc) is 3.08. The Morgan fingerprint density at radius 3 is 3.05 bits per heavy atom. The molecule has 3 heterocycles. The summed E-state index contributed by atoms with van der Waals surface area (Å²) in [6.07, 6.45) is 7.59. The minimum Gasteiger partial charge on any atom is -0.447 e. The molecule has 2 aliphatic heterocycles. The van der Waals surface area contributed by atoms with Crippen LogP contribution in [0.4, 0.5) is 4.79 Å². The van der Waals surface area contributed by atoms with E-state index < -0.39 is 0 Å². The van der Waals surface area contributed by atoms with Crippen molar-refractivity contribution in [1.29, 1.82) is 0 Å². The molecule has 0 spiro atoms. The third-order valence-corrected chi connectivity index (χ3v) is 4.52. The van der Waals surface area contributed by atoms with E-state index in [9.17, 15) is 4.79 Å². The Kier molecular flexibility index (Phi) is 3.65. The molecular weight excluding hydrogens is 256 g/mol. The summed E-state index contributed by atoms with van der Waals surface area (Å²) in [5.74, 6) is 0. The van der Waals surface area contributed by atoms with Gasteiger partial charge in [0.15, 0.2) is 0 Å². The summed E-state index contributed by atoms with van der Waals surface area (Å²) in [5, 5.41) is 0. The number of cyclic esters (lactones) is 1. The number of hydrogen-bond acceptors (Lipinski definition) is 4. The van der Waals surface area contributed by atoms with E-state index in [2.05, 4.69) is 21.4 Å². The number of aryl methyl sites for hydroxylation is 1. The first kappa shape index (κ1) is 13.4.